The number of nitrogens with one attached hydrogen (secondary N) is 1. The number of pyridine rings is 1. The summed E-state index contributed by atoms with van der Waals surface area (Å²) >= 11 is 1.54. The Balaban J connectivity index is 1.72. The van der Waals surface area contributed by atoms with E-state index in [-0.39, 0.29) is 0 Å². The van der Waals surface area contributed by atoms with Crippen LogP contribution in [0.2, 0.25) is 0 Å². The number of nitrogens with zero attached hydrogens (tertiary/aromatic N) is 6. The third-order valence-corrected chi connectivity index (χ3v) is 4.44. The molecule has 0 fully saturated rings. The van der Waals surface area contributed by atoms with Crippen molar-refractivity contribution in [3.8, 4) is 0 Å². The minimum atomic E-state index is 0.721. The quantitative estimate of drug-likeness (QED) is 0.614. The number of rotatable bonds is 4. The van der Waals surface area contributed by atoms with Crippen molar-refractivity contribution in [3.63, 3.8) is 0 Å². The Morgan fingerprint density at radius 1 is 1.08 bits per heavy atom. The van der Waals surface area contributed by atoms with Crippen molar-refractivity contribution in [1.29, 1.82) is 0 Å². The smallest absolute Gasteiger partial charge is 0.195 e. The Kier molecular flexibility index (Phi) is 3.80. The van der Waals surface area contributed by atoms with Crippen LogP contribution in [-0.2, 0) is 7.05 Å². The average molecular weight is 335 g/mol. The first kappa shape index (κ1) is 14.6. The monoisotopic (exact) mass is 335 g/mol. The van der Waals surface area contributed by atoms with Crippen LogP contribution in [0.25, 0.3) is 10.9 Å². The number of aryl methyl sites for hydroxylation is 1. The van der Waals surface area contributed by atoms with Crippen LogP contribution < -0.4 is 5.32 Å². The van der Waals surface area contributed by atoms with Crippen molar-refractivity contribution < 1.29 is 0 Å². The fourth-order valence-corrected chi connectivity index (χ4v) is 3.03. The maximum Gasteiger partial charge on any atom is 0.195 e. The van der Waals surface area contributed by atoms with Gasteiger partial charge in [0.15, 0.2) is 5.16 Å². The predicted molar refractivity (Wildman–Crippen MR) is 92.2 cm³/mol. The van der Waals surface area contributed by atoms with Gasteiger partial charge in [-0.05, 0) is 42.1 Å². The molecule has 1 N–H and O–H groups in total. The maximum absolute atomic E-state index is 4.35. The highest BCUT2D eigenvalue weighted by molar-refractivity contribution is 7.99. The average Bonchev–Trinajstić information content (AvgIpc) is 3.01. The summed E-state index contributed by atoms with van der Waals surface area (Å²) < 4.78 is 1.88. The lowest BCUT2D eigenvalue weighted by Crippen LogP contribution is -1.97. The molecular weight excluding hydrogens is 322 g/mol. The normalized spacial score (nSPS) is 10.9. The largest absolute Gasteiger partial charge is 0.324 e. The van der Waals surface area contributed by atoms with E-state index in [1.165, 1.54) is 0 Å². The molecule has 0 atom stereocenters. The van der Waals surface area contributed by atoms with E-state index >= 15 is 0 Å². The van der Waals surface area contributed by atoms with Crippen LogP contribution in [0.5, 0.6) is 0 Å². The van der Waals surface area contributed by atoms with Gasteiger partial charge in [0.1, 0.15) is 24.3 Å². The predicted octanol–water partition coefficient (Wildman–Crippen LogP) is 3.05. The number of hydrogen-bond acceptors (Lipinski definition) is 7. The highest BCUT2D eigenvalue weighted by Gasteiger charge is 2.09. The highest BCUT2D eigenvalue weighted by Crippen LogP contribution is 2.30. The van der Waals surface area contributed by atoms with Crippen molar-refractivity contribution >= 4 is 34.3 Å². The Bertz CT molecular complexity index is 984. The van der Waals surface area contributed by atoms with Gasteiger partial charge in [-0.3, -0.25) is 0 Å². The van der Waals surface area contributed by atoms with E-state index in [0.717, 1.165) is 32.6 Å². The molecular formula is C16H13N7S. The fourth-order valence-electron chi connectivity index (χ4n) is 2.23. The zero-order valence-corrected chi connectivity index (χ0v) is 13.6. The number of benzene rings is 1. The van der Waals surface area contributed by atoms with Crippen molar-refractivity contribution in [2.75, 3.05) is 5.32 Å². The molecule has 0 aliphatic rings. The summed E-state index contributed by atoms with van der Waals surface area (Å²) in [5.74, 6) is 1.46. The lowest BCUT2D eigenvalue weighted by Gasteiger charge is -2.08. The van der Waals surface area contributed by atoms with Gasteiger partial charge < -0.3 is 9.88 Å². The Morgan fingerprint density at radius 2 is 2.04 bits per heavy atom. The molecule has 1 aromatic carbocycles. The molecule has 0 radical (unpaired) electrons. The summed E-state index contributed by atoms with van der Waals surface area (Å²) in [6.45, 7) is 0. The van der Waals surface area contributed by atoms with E-state index in [1.807, 2.05) is 48.0 Å². The molecule has 3 heterocycles. The van der Waals surface area contributed by atoms with Gasteiger partial charge in [0.2, 0.25) is 0 Å². The minimum Gasteiger partial charge on any atom is -0.324 e. The Hall–Kier alpha value is -3.00. The van der Waals surface area contributed by atoms with Gasteiger partial charge in [-0.1, -0.05) is 6.07 Å². The molecule has 7 nitrogen and oxygen atoms in total. The molecule has 0 saturated carbocycles. The van der Waals surface area contributed by atoms with Crippen LogP contribution in [0.15, 0.2) is 65.3 Å². The molecule has 0 spiro atoms. The first-order valence-corrected chi connectivity index (χ1v) is 8.06. The molecule has 0 bridgehead atoms. The fraction of sp³-hybridized carbons (Fsp3) is 0.0625. The first-order valence-electron chi connectivity index (χ1n) is 7.24. The van der Waals surface area contributed by atoms with Crippen LogP contribution in [0.1, 0.15) is 0 Å². The number of fused-ring (bicyclic) bond motifs is 1. The summed E-state index contributed by atoms with van der Waals surface area (Å²) in [5.41, 5.74) is 0.866. The third kappa shape index (κ3) is 2.91. The van der Waals surface area contributed by atoms with Crippen LogP contribution in [-0.4, -0.2) is 29.7 Å². The molecule has 0 aliphatic heterocycles. The molecule has 8 heteroatoms. The maximum atomic E-state index is 4.35. The SMILES string of the molecule is Cn1cnnc1Sc1ccc2ncnc(Nc3ccccn3)c2c1. The van der Waals surface area contributed by atoms with Gasteiger partial charge in [-0.2, -0.15) is 0 Å². The second kappa shape index (κ2) is 6.25. The van der Waals surface area contributed by atoms with Crippen LogP contribution in [0.3, 0.4) is 0 Å². The molecule has 0 unspecified atom stereocenters. The molecule has 24 heavy (non-hydrogen) atoms. The lowest BCUT2D eigenvalue weighted by atomic mass is 10.2. The minimum absolute atomic E-state index is 0.721. The number of hydrogen-bond donors (Lipinski definition) is 1. The van der Waals surface area contributed by atoms with Crippen molar-refractivity contribution in [1.82, 2.24) is 29.7 Å². The van der Waals surface area contributed by atoms with E-state index in [2.05, 4.69) is 30.5 Å². The van der Waals surface area contributed by atoms with Gasteiger partial charge in [-0.15, -0.1) is 10.2 Å². The Morgan fingerprint density at radius 3 is 2.83 bits per heavy atom. The number of aromatic nitrogens is 6. The van der Waals surface area contributed by atoms with Crippen molar-refractivity contribution in [3.05, 3.63) is 55.2 Å². The summed E-state index contributed by atoms with van der Waals surface area (Å²) in [6, 6.07) is 11.7. The molecule has 4 aromatic rings. The first-order chi connectivity index (χ1) is 11.8. The highest BCUT2D eigenvalue weighted by atomic mass is 32.2. The summed E-state index contributed by atoms with van der Waals surface area (Å²) in [4.78, 5) is 14.0. The molecule has 4 rings (SSSR count). The lowest BCUT2D eigenvalue weighted by molar-refractivity contribution is 0.788. The summed E-state index contributed by atoms with van der Waals surface area (Å²) in [5, 5.41) is 13.0. The third-order valence-electron chi connectivity index (χ3n) is 3.40. The second-order valence-corrected chi connectivity index (χ2v) is 6.11. The number of anilines is 2. The van der Waals surface area contributed by atoms with E-state index in [4.69, 9.17) is 0 Å². The Labute approximate surface area is 142 Å². The molecule has 118 valence electrons. The molecule has 0 aliphatic carbocycles. The van der Waals surface area contributed by atoms with Gasteiger partial charge in [0.05, 0.1) is 5.52 Å². The van der Waals surface area contributed by atoms with E-state index in [1.54, 1.807) is 30.6 Å². The standard InChI is InChI=1S/C16H13N7S/c1-23-10-20-22-16(23)24-11-5-6-13-12(8-11)15(19-9-18-13)21-14-4-2-3-7-17-14/h2-10H,1H3,(H,17,18,19,21). The van der Waals surface area contributed by atoms with Crippen LogP contribution >= 0.6 is 11.8 Å². The van der Waals surface area contributed by atoms with E-state index in [0.29, 0.717) is 0 Å². The van der Waals surface area contributed by atoms with Crippen LogP contribution in [0.4, 0.5) is 11.6 Å². The van der Waals surface area contributed by atoms with Crippen LogP contribution in [0, 0.1) is 0 Å². The molecule has 0 amide bonds. The topological polar surface area (TPSA) is 81.4 Å². The second-order valence-electron chi connectivity index (χ2n) is 5.07. The van der Waals surface area contributed by atoms with Crippen molar-refractivity contribution in [2.24, 2.45) is 7.05 Å². The van der Waals surface area contributed by atoms with Gasteiger partial charge >= 0.3 is 0 Å². The van der Waals surface area contributed by atoms with Crippen molar-refractivity contribution in [2.45, 2.75) is 10.1 Å². The molecule has 3 aromatic heterocycles. The molecule has 0 saturated heterocycles. The van der Waals surface area contributed by atoms with Gasteiger partial charge in [0.25, 0.3) is 0 Å². The van der Waals surface area contributed by atoms with Gasteiger partial charge in [0, 0.05) is 23.5 Å². The summed E-state index contributed by atoms with van der Waals surface area (Å²) in [7, 11) is 1.92. The zero-order chi connectivity index (χ0) is 16.4. The van der Waals surface area contributed by atoms with E-state index in [9.17, 15) is 0 Å². The summed E-state index contributed by atoms with van der Waals surface area (Å²) in [6.07, 6.45) is 4.96. The van der Waals surface area contributed by atoms with Gasteiger partial charge in [-0.25, -0.2) is 15.0 Å². The zero-order valence-electron chi connectivity index (χ0n) is 12.8. The van der Waals surface area contributed by atoms with E-state index < -0.39 is 0 Å².